The number of benzene rings is 1. The molecular weight excluding hydrogens is 515 g/mol. The Morgan fingerprint density at radius 1 is 1.32 bits per heavy atom. The molecule has 188 valence electrons. The lowest BCUT2D eigenvalue weighted by atomic mass is 9.94. The van der Waals surface area contributed by atoms with E-state index in [0.717, 1.165) is 18.5 Å². The van der Waals surface area contributed by atoms with E-state index in [0.29, 0.717) is 15.5 Å². The van der Waals surface area contributed by atoms with Gasteiger partial charge in [-0.2, -0.15) is 13.2 Å². The number of nitrogen functional groups attached to an aromatic ring is 1. The molecule has 0 amide bonds. The van der Waals surface area contributed by atoms with Crippen molar-refractivity contribution in [3.8, 4) is 0 Å². The number of nitrogens with one attached hydrogen (secondary N) is 1. The van der Waals surface area contributed by atoms with Gasteiger partial charge in [-0.1, -0.05) is 12.1 Å². The molecule has 0 aliphatic carbocycles. The average Bonchev–Trinajstić information content (AvgIpc) is 3.21. The summed E-state index contributed by atoms with van der Waals surface area (Å²) in [5.74, 6) is -2.89. The molecule has 14 heteroatoms. The van der Waals surface area contributed by atoms with Gasteiger partial charge in [0.2, 0.25) is 9.84 Å². The smallest absolute Gasteiger partial charge is 0.475 e. The summed E-state index contributed by atoms with van der Waals surface area (Å²) in [5.41, 5.74) is 6.42. The van der Waals surface area contributed by atoms with Crippen LogP contribution in [0.1, 0.15) is 29.3 Å². The molecule has 1 aromatic heterocycles. The van der Waals surface area contributed by atoms with E-state index in [4.69, 9.17) is 21.0 Å². The molecule has 0 bridgehead atoms. The molecule has 1 fully saturated rings. The quantitative estimate of drug-likeness (QED) is 0.257. The number of halogens is 3. The predicted molar refractivity (Wildman–Crippen MR) is 123 cm³/mol. The van der Waals surface area contributed by atoms with Crippen LogP contribution in [0.4, 0.5) is 13.2 Å². The Morgan fingerprint density at radius 2 is 1.94 bits per heavy atom. The molecule has 8 nitrogen and oxygen atoms in total. The van der Waals surface area contributed by atoms with Crippen molar-refractivity contribution < 1.29 is 36.6 Å². The number of carbonyl (C=O) groups is 1. The van der Waals surface area contributed by atoms with E-state index in [1.54, 1.807) is 18.2 Å². The van der Waals surface area contributed by atoms with Gasteiger partial charge in [-0.25, -0.2) is 13.2 Å². The second-order valence-corrected chi connectivity index (χ2v) is 11.5. The Balaban J connectivity index is 0.000000509. The number of carboxylic acids is 1. The molecule has 2 unspecified atom stereocenters. The molecule has 1 saturated heterocycles. The SMILES string of the molecule is CSc1sc(C(=N)N)cc1S(=O)(=O)c1cccc(C2CC(O)CCN2C)c1.O=C(O)C(F)(F)F. The zero-order valence-electron chi connectivity index (χ0n) is 18.2. The summed E-state index contributed by atoms with van der Waals surface area (Å²) in [5, 5.41) is 24.7. The summed E-state index contributed by atoms with van der Waals surface area (Å²) in [6.45, 7) is 0.770. The van der Waals surface area contributed by atoms with Crippen LogP contribution in [-0.4, -0.2) is 67.5 Å². The Kier molecular flexibility index (Phi) is 9.16. The van der Waals surface area contributed by atoms with Crippen LogP contribution in [0, 0.1) is 5.41 Å². The van der Waals surface area contributed by atoms with Crippen LogP contribution in [0.3, 0.4) is 0 Å². The summed E-state index contributed by atoms with van der Waals surface area (Å²) in [6.07, 6.45) is -2.33. The summed E-state index contributed by atoms with van der Waals surface area (Å²) in [7, 11) is -1.74. The molecule has 0 spiro atoms. The van der Waals surface area contributed by atoms with E-state index in [9.17, 15) is 26.7 Å². The Hall–Kier alpha value is -2.13. The number of nitrogens with two attached hydrogens (primary N) is 1. The van der Waals surface area contributed by atoms with E-state index in [1.165, 1.54) is 29.2 Å². The minimum Gasteiger partial charge on any atom is -0.475 e. The number of hydrogen-bond donors (Lipinski definition) is 4. The zero-order chi connectivity index (χ0) is 25.8. The molecule has 0 radical (unpaired) electrons. The maximum absolute atomic E-state index is 13.2. The lowest BCUT2D eigenvalue weighted by molar-refractivity contribution is -0.192. The number of sulfone groups is 1. The van der Waals surface area contributed by atoms with Crippen LogP contribution in [0.25, 0.3) is 0 Å². The molecular formula is C20H24F3N3O5S3. The van der Waals surface area contributed by atoms with Crippen LogP contribution < -0.4 is 5.73 Å². The number of hydrogen-bond acceptors (Lipinski definition) is 8. The largest absolute Gasteiger partial charge is 0.490 e. The first-order valence-corrected chi connectivity index (χ1v) is 13.3. The van der Waals surface area contributed by atoms with Gasteiger partial charge in [0.1, 0.15) is 5.84 Å². The highest BCUT2D eigenvalue weighted by molar-refractivity contribution is 8.01. The van der Waals surface area contributed by atoms with Crippen LogP contribution >= 0.6 is 23.1 Å². The first kappa shape index (κ1) is 28.1. The van der Waals surface area contributed by atoms with Gasteiger partial charge < -0.3 is 15.9 Å². The van der Waals surface area contributed by atoms with Gasteiger partial charge in [-0.3, -0.25) is 10.3 Å². The molecule has 1 aromatic carbocycles. The van der Waals surface area contributed by atoms with E-state index >= 15 is 0 Å². The fourth-order valence-corrected chi connectivity index (χ4v) is 7.20. The third-order valence-electron chi connectivity index (χ3n) is 5.04. The number of likely N-dealkylation sites (tertiary alicyclic amines) is 1. The van der Waals surface area contributed by atoms with Crippen LogP contribution in [0.15, 0.2) is 44.3 Å². The number of piperidine rings is 1. The van der Waals surface area contributed by atoms with Gasteiger partial charge in [-0.15, -0.1) is 23.1 Å². The van der Waals surface area contributed by atoms with Gasteiger partial charge in [0, 0.05) is 12.6 Å². The molecule has 1 aliphatic heterocycles. The summed E-state index contributed by atoms with van der Waals surface area (Å²) in [6, 6.07) is 8.41. The maximum Gasteiger partial charge on any atom is 0.490 e. The van der Waals surface area contributed by atoms with E-state index in [2.05, 4.69) is 4.90 Å². The fraction of sp³-hybridized carbons (Fsp3) is 0.400. The van der Waals surface area contributed by atoms with Crippen molar-refractivity contribution in [3.63, 3.8) is 0 Å². The molecule has 0 saturated carbocycles. The number of thiophene rings is 1. The van der Waals surface area contributed by atoms with Crippen LogP contribution in [0.2, 0.25) is 0 Å². The summed E-state index contributed by atoms with van der Waals surface area (Å²) < 4.78 is 58.9. The number of aliphatic hydroxyl groups excluding tert-OH is 1. The van der Waals surface area contributed by atoms with Gasteiger partial charge in [0.05, 0.1) is 25.0 Å². The number of aliphatic hydroxyl groups is 1. The second-order valence-electron chi connectivity index (χ2n) is 7.43. The van der Waals surface area contributed by atoms with E-state index in [-0.39, 0.29) is 27.8 Å². The lowest BCUT2D eigenvalue weighted by Crippen LogP contribution is -2.36. The minimum absolute atomic E-state index is 0.0147. The van der Waals surface area contributed by atoms with Crippen molar-refractivity contribution in [1.82, 2.24) is 4.90 Å². The van der Waals surface area contributed by atoms with Gasteiger partial charge in [0.15, 0.2) is 0 Å². The third-order valence-corrected chi connectivity index (χ3v) is 9.38. The molecule has 2 aromatic rings. The molecule has 2 atom stereocenters. The van der Waals surface area contributed by atoms with Crippen LogP contribution in [0.5, 0.6) is 0 Å². The lowest BCUT2D eigenvalue weighted by Gasteiger charge is -2.35. The highest BCUT2D eigenvalue weighted by Crippen LogP contribution is 2.38. The maximum atomic E-state index is 13.2. The number of nitrogens with zero attached hydrogens (tertiary/aromatic N) is 1. The standard InChI is InChI=1S/C18H23N3O3S3.C2HF3O2/c1-21-7-6-12(22)9-14(21)11-4-3-5-13(8-11)27(23,24)16-10-15(17(19)20)26-18(16)25-2;3-2(4,5)1(6)7/h3-5,8,10,12,14,22H,6-7,9H2,1-2H3,(H3,19,20);(H,6,7). The highest BCUT2D eigenvalue weighted by Gasteiger charge is 2.38. The monoisotopic (exact) mass is 539 g/mol. The molecule has 34 heavy (non-hydrogen) atoms. The third kappa shape index (κ3) is 6.72. The van der Waals surface area contributed by atoms with Gasteiger partial charge >= 0.3 is 12.1 Å². The predicted octanol–water partition coefficient (Wildman–Crippen LogP) is 3.35. The van der Waals surface area contributed by atoms with Crippen molar-refractivity contribution >= 4 is 44.7 Å². The van der Waals surface area contributed by atoms with Crippen molar-refractivity contribution in [2.24, 2.45) is 5.73 Å². The topological polar surface area (TPSA) is 145 Å². The highest BCUT2D eigenvalue weighted by atomic mass is 32.2. The van der Waals surface area contributed by atoms with Crippen molar-refractivity contribution in [1.29, 1.82) is 5.41 Å². The summed E-state index contributed by atoms with van der Waals surface area (Å²) in [4.78, 5) is 11.9. The first-order chi connectivity index (χ1) is 15.7. The number of thioether (sulfide) groups is 1. The normalized spacial score (nSPS) is 19.2. The van der Waals surface area contributed by atoms with Crippen molar-refractivity contribution in [2.45, 2.75) is 45.2 Å². The summed E-state index contributed by atoms with van der Waals surface area (Å²) >= 11 is 2.55. The van der Waals surface area contributed by atoms with Gasteiger partial charge in [-0.05, 0) is 49.9 Å². The fourth-order valence-electron chi connectivity index (χ4n) is 3.29. The molecule has 5 N–H and O–H groups in total. The number of rotatable bonds is 5. The Morgan fingerprint density at radius 3 is 2.47 bits per heavy atom. The zero-order valence-corrected chi connectivity index (χ0v) is 20.6. The second kappa shape index (κ2) is 11.1. The minimum atomic E-state index is -5.08. The van der Waals surface area contributed by atoms with Crippen molar-refractivity contribution in [3.05, 3.63) is 40.8 Å². The van der Waals surface area contributed by atoms with E-state index < -0.39 is 22.0 Å². The Labute approximate surface area is 203 Å². The number of alkyl halides is 3. The first-order valence-electron chi connectivity index (χ1n) is 9.74. The molecule has 2 heterocycles. The van der Waals surface area contributed by atoms with E-state index in [1.807, 2.05) is 19.4 Å². The molecule has 1 aliphatic rings. The Bertz CT molecular complexity index is 1150. The number of aliphatic carboxylic acids is 1. The van der Waals surface area contributed by atoms with Crippen LogP contribution in [-0.2, 0) is 14.6 Å². The van der Waals surface area contributed by atoms with Crippen molar-refractivity contribution in [2.75, 3.05) is 19.8 Å². The average molecular weight is 540 g/mol. The molecule has 3 rings (SSSR count). The number of amidine groups is 1. The number of carboxylic acid groups (broad SMARTS) is 1. The van der Waals surface area contributed by atoms with Gasteiger partial charge in [0.25, 0.3) is 0 Å².